The Hall–Kier alpha value is -3.85. The number of carbonyl (C=O) groups excluding carboxylic acids is 4. The maximum absolute atomic E-state index is 11.7. The molecule has 0 spiro atoms. The third kappa shape index (κ3) is 4.68. The molecule has 9 heteroatoms. The summed E-state index contributed by atoms with van der Waals surface area (Å²) in [4.78, 5) is 46.8. The van der Waals surface area contributed by atoms with Crippen LogP contribution in [0.25, 0.3) is 0 Å². The highest BCUT2D eigenvalue weighted by atomic mass is 32.1. The van der Waals surface area contributed by atoms with Gasteiger partial charge in [0.05, 0.1) is 50.7 Å². The molecule has 0 unspecified atom stereocenters. The molecule has 33 heavy (non-hydrogen) atoms. The Morgan fingerprint density at radius 1 is 0.424 bits per heavy atom. The van der Waals surface area contributed by atoms with Crippen LogP contribution in [0.2, 0.25) is 0 Å². The highest BCUT2D eigenvalue weighted by Crippen LogP contribution is 2.34. The molecule has 4 rings (SSSR count). The third-order valence-corrected chi connectivity index (χ3v) is 4.90. The van der Waals surface area contributed by atoms with Crippen LogP contribution in [0.5, 0.6) is 23.0 Å². The van der Waals surface area contributed by atoms with Crippen LogP contribution in [-0.2, 0) is 0 Å². The van der Waals surface area contributed by atoms with Crippen molar-refractivity contribution in [3.8, 4) is 23.0 Å². The summed E-state index contributed by atoms with van der Waals surface area (Å²) >= 11 is 0. The number of rotatable bonds is 4. The molecule has 2 aromatic carbocycles. The van der Waals surface area contributed by atoms with E-state index in [1.54, 1.807) is 24.3 Å². The molecule has 0 aromatic heterocycles. The van der Waals surface area contributed by atoms with E-state index in [1.807, 2.05) is 0 Å². The first-order valence-electron chi connectivity index (χ1n) is 9.41. The number of methoxy groups -OCH3 is 4. The lowest BCUT2D eigenvalue weighted by Gasteiger charge is -2.15. The van der Waals surface area contributed by atoms with Crippen molar-refractivity contribution in [3.05, 3.63) is 70.8 Å². The van der Waals surface area contributed by atoms with Crippen LogP contribution in [-0.4, -0.2) is 51.6 Å². The fourth-order valence-electron chi connectivity index (χ4n) is 3.42. The van der Waals surface area contributed by atoms with Crippen LogP contribution >= 0.6 is 13.5 Å². The van der Waals surface area contributed by atoms with Gasteiger partial charge in [-0.1, -0.05) is 0 Å². The Morgan fingerprint density at radius 3 is 0.758 bits per heavy atom. The summed E-state index contributed by atoms with van der Waals surface area (Å²) in [7, 11) is 5.83. The minimum atomic E-state index is -0.245. The van der Waals surface area contributed by atoms with Gasteiger partial charge in [-0.3, -0.25) is 19.2 Å². The zero-order valence-electron chi connectivity index (χ0n) is 18.4. The minimum Gasteiger partial charge on any atom is -0.496 e. The molecule has 0 saturated carbocycles. The number of ether oxygens (including phenoxy) is 4. The van der Waals surface area contributed by atoms with Crippen molar-refractivity contribution in [3.63, 3.8) is 0 Å². The average molecular weight is 470 g/mol. The van der Waals surface area contributed by atoms with Gasteiger partial charge in [0.1, 0.15) is 23.0 Å². The van der Waals surface area contributed by atoms with Crippen LogP contribution in [0, 0.1) is 0 Å². The van der Waals surface area contributed by atoms with Crippen LogP contribution in [0.1, 0.15) is 41.4 Å². The third-order valence-electron chi connectivity index (χ3n) is 4.90. The SMILES string of the molecule is COc1ccc(OC)c2c1C(=O)C=CC2=O.COc1ccc(OC)c2c1C(=O)C=CC2=O.S. The molecule has 0 atom stereocenters. The lowest BCUT2D eigenvalue weighted by Crippen LogP contribution is -2.14. The van der Waals surface area contributed by atoms with E-state index in [1.165, 1.54) is 52.7 Å². The first-order chi connectivity index (χ1) is 15.4. The van der Waals surface area contributed by atoms with Crippen LogP contribution in [0.4, 0.5) is 0 Å². The van der Waals surface area contributed by atoms with E-state index in [-0.39, 0.29) is 58.9 Å². The molecule has 0 aliphatic heterocycles. The zero-order chi connectivity index (χ0) is 23.4. The van der Waals surface area contributed by atoms with Gasteiger partial charge in [0.15, 0.2) is 23.1 Å². The number of fused-ring (bicyclic) bond motifs is 2. The second-order valence-corrected chi connectivity index (χ2v) is 6.56. The molecule has 0 bridgehead atoms. The first kappa shape index (κ1) is 25.4. The Morgan fingerprint density at radius 2 is 0.606 bits per heavy atom. The number of allylic oxidation sites excluding steroid dienone is 4. The molecular formula is C24H22O8S. The lowest BCUT2D eigenvalue weighted by molar-refractivity contribution is 0.0989. The average Bonchev–Trinajstić information content (AvgIpc) is 2.82. The second kappa shape index (κ2) is 10.6. The van der Waals surface area contributed by atoms with Crippen molar-refractivity contribution < 1.29 is 38.1 Å². The van der Waals surface area contributed by atoms with Crippen LogP contribution < -0.4 is 18.9 Å². The number of carbonyl (C=O) groups is 4. The molecule has 172 valence electrons. The highest BCUT2D eigenvalue weighted by Gasteiger charge is 2.28. The smallest absolute Gasteiger partial charge is 0.190 e. The molecule has 0 N–H and O–H groups in total. The fraction of sp³-hybridized carbons (Fsp3) is 0.167. The van der Waals surface area contributed by atoms with Crippen molar-refractivity contribution in [2.45, 2.75) is 0 Å². The van der Waals surface area contributed by atoms with Crippen molar-refractivity contribution in [2.24, 2.45) is 0 Å². The van der Waals surface area contributed by atoms with Gasteiger partial charge in [-0.25, -0.2) is 0 Å². The van der Waals surface area contributed by atoms with Gasteiger partial charge in [-0.15, -0.1) is 0 Å². The van der Waals surface area contributed by atoms with E-state index in [2.05, 4.69) is 0 Å². The monoisotopic (exact) mass is 470 g/mol. The van der Waals surface area contributed by atoms with E-state index in [0.717, 1.165) is 0 Å². The van der Waals surface area contributed by atoms with E-state index >= 15 is 0 Å². The molecule has 2 aromatic rings. The zero-order valence-corrected chi connectivity index (χ0v) is 19.4. The van der Waals surface area contributed by atoms with E-state index < -0.39 is 0 Å². The Bertz CT molecular complexity index is 1010. The minimum absolute atomic E-state index is 0. The molecular weight excluding hydrogens is 448 g/mol. The predicted octanol–water partition coefficient (Wildman–Crippen LogP) is 3.39. The van der Waals surface area contributed by atoms with Gasteiger partial charge in [-0.2, -0.15) is 13.5 Å². The number of benzene rings is 2. The van der Waals surface area contributed by atoms with E-state index in [0.29, 0.717) is 23.0 Å². The summed E-state index contributed by atoms with van der Waals surface area (Å²) in [5.41, 5.74) is 1.09. The molecule has 0 radical (unpaired) electrons. The Balaban J connectivity index is 0.000000227. The summed E-state index contributed by atoms with van der Waals surface area (Å²) < 4.78 is 20.3. The predicted molar refractivity (Wildman–Crippen MR) is 125 cm³/mol. The van der Waals surface area contributed by atoms with Gasteiger partial charge in [0.2, 0.25) is 0 Å². The quantitative estimate of drug-likeness (QED) is 0.670. The standard InChI is InChI=1S/2C12H10O4.H2S/c2*1-15-9-5-6-10(16-2)12-8(14)4-3-7(13)11(9)12;/h2*3-6H,1-2H3;1H2. The van der Waals surface area contributed by atoms with Crippen molar-refractivity contribution in [1.82, 2.24) is 0 Å². The van der Waals surface area contributed by atoms with Crippen LogP contribution in [0.15, 0.2) is 48.6 Å². The van der Waals surface area contributed by atoms with Crippen molar-refractivity contribution >= 4 is 36.6 Å². The molecule has 0 saturated heterocycles. The van der Waals surface area contributed by atoms with Gasteiger partial charge in [0.25, 0.3) is 0 Å². The topological polar surface area (TPSA) is 105 Å². The summed E-state index contributed by atoms with van der Waals surface area (Å²) in [5.74, 6) is 0.570. The maximum Gasteiger partial charge on any atom is 0.190 e. The van der Waals surface area contributed by atoms with Gasteiger partial charge >= 0.3 is 0 Å². The van der Waals surface area contributed by atoms with E-state index in [4.69, 9.17) is 18.9 Å². The Labute approximate surface area is 197 Å². The normalized spacial score (nSPS) is 13.2. The molecule has 0 heterocycles. The summed E-state index contributed by atoms with van der Waals surface area (Å²) in [6.45, 7) is 0. The van der Waals surface area contributed by atoms with Gasteiger partial charge < -0.3 is 18.9 Å². The van der Waals surface area contributed by atoms with Gasteiger partial charge in [-0.05, 0) is 48.6 Å². The molecule has 2 aliphatic rings. The second-order valence-electron chi connectivity index (χ2n) is 6.56. The summed E-state index contributed by atoms with van der Waals surface area (Å²) in [6.07, 6.45) is 4.97. The summed E-state index contributed by atoms with van der Waals surface area (Å²) in [6, 6.07) is 6.45. The van der Waals surface area contributed by atoms with Crippen molar-refractivity contribution in [1.29, 1.82) is 0 Å². The molecule has 8 nitrogen and oxygen atoms in total. The number of hydrogen-bond acceptors (Lipinski definition) is 8. The molecule has 2 aliphatic carbocycles. The fourth-order valence-corrected chi connectivity index (χ4v) is 3.42. The molecule has 0 amide bonds. The largest absolute Gasteiger partial charge is 0.496 e. The Kier molecular flexibility index (Phi) is 8.20. The van der Waals surface area contributed by atoms with E-state index in [9.17, 15) is 19.2 Å². The summed E-state index contributed by atoms with van der Waals surface area (Å²) in [5, 5.41) is 0. The van der Waals surface area contributed by atoms with Crippen LogP contribution in [0.3, 0.4) is 0 Å². The first-order valence-corrected chi connectivity index (χ1v) is 9.41. The van der Waals surface area contributed by atoms with Gasteiger partial charge in [0, 0.05) is 0 Å². The van der Waals surface area contributed by atoms with Crippen molar-refractivity contribution in [2.75, 3.05) is 28.4 Å². The number of ketones is 4. The lowest BCUT2D eigenvalue weighted by atomic mass is 9.93. The molecule has 0 fully saturated rings. The maximum atomic E-state index is 11.7. The number of hydrogen-bond donors (Lipinski definition) is 0. The highest BCUT2D eigenvalue weighted by molar-refractivity contribution is 7.59.